The van der Waals surface area contributed by atoms with E-state index in [1.165, 1.54) is 6.42 Å². The second-order valence-corrected chi connectivity index (χ2v) is 6.84. The van der Waals surface area contributed by atoms with Gasteiger partial charge in [0.15, 0.2) is 4.67 Å². The highest BCUT2D eigenvalue weighted by molar-refractivity contribution is 9.10. The molecule has 124 valence electrons. The van der Waals surface area contributed by atoms with Gasteiger partial charge in [0.05, 0.1) is 6.54 Å². The van der Waals surface area contributed by atoms with Gasteiger partial charge in [-0.15, -0.1) is 0 Å². The molecule has 2 aromatic heterocycles. The van der Waals surface area contributed by atoms with E-state index < -0.39 is 0 Å². The van der Waals surface area contributed by atoms with Crippen LogP contribution in [0.2, 0.25) is 0 Å². The Kier molecular flexibility index (Phi) is 5.17. The third kappa shape index (κ3) is 4.45. The molecule has 3 heterocycles. The van der Waals surface area contributed by atoms with Gasteiger partial charge in [-0.2, -0.15) is 4.98 Å². The van der Waals surface area contributed by atoms with Gasteiger partial charge < -0.3 is 14.6 Å². The van der Waals surface area contributed by atoms with Crippen LogP contribution in [0.3, 0.4) is 0 Å². The van der Waals surface area contributed by atoms with E-state index >= 15 is 0 Å². The number of furan rings is 1. The number of nitrogens with one attached hydrogen (secondary N) is 1. The molecule has 1 atom stereocenters. The third-order valence-electron chi connectivity index (χ3n) is 3.91. The molecule has 1 N–H and O–H groups in total. The van der Waals surface area contributed by atoms with Crippen molar-refractivity contribution in [2.45, 2.75) is 25.4 Å². The van der Waals surface area contributed by atoms with Gasteiger partial charge in [0.2, 0.25) is 5.95 Å². The molecular weight excluding hydrogens is 358 g/mol. The lowest BCUT2D eigenvalue weighted by Crippen LogP contribution is -2.41. The van der Waals surface area contributed by atoms with E-state index in [1.54, 1.807) is 6.20 Å². The summed E-state index contributed by atoms with van der Waals surface area (Å²) in [5.74, 6) is 2.61. The van der Waals surface area contributed by atoms with Crippen LogP contribution in [0, 0.1) is 0 Å². The highest BCUT2D eigenvalue weighted by Gasteiger charge is 2.21. The largest absolute Gasteiger partial charge is 0.453 e. The van der Waals surface area contributed by atoms with E-state index in [-0.39, 0.29) is 0 Å². The van der Waals surface area contributed by atoms with Crippen LogP contribution in [0.1, 0.15) is 18.6 Å². The number of halogens is 1. The van der Waals surface area contributed by atoms with Crippen LogP contribution in [-0.2, 0) is 6.54 Å². The number of rotatable bonds is 5. The van der Waals surface area contributed by atoms with E-state index in [0.29, 0.717) is 6.04 Å². The molecule has 2 aromatic rings. The van der Waals surface area contributed by atoms with Gasteiger partial charge in [-0.3, -0.25) is 4.90 Å². The van der Waals surface area contributed by atoms with Crippen molar-refractivity contribution in [2.24, 2.45) is 0 Å². The predicted molar refractivity (Wildman–Crippen MR) is 94.7 cm³/mol. The van der Waals surface area contributed by atoms with Gasteiger partial charge in [-0.05, 0) is 53.5 Å². The predicted octanol–water partition coefficient (Wildman–Crippen LogP) is 2.97. The Morgan fingerprint density at radius 2 is 2.26 bits per heavy atom. The van der Waals surface area contributed by atoms with Crippen molar-refractivity contribution >= 4 is 27.7 Å². The first-order chi connectivity index (χ1) is 11.1. The summed E-state index contributed by atoms with van der Waals surface area (Å²) in [6.07, 6.45) is 4.12. The summed E-state index contributed by atoms with van der Waals surface area (Å²) in [4.78, 5) is 13.1. The van der Waals surface area contributed by atoms with Crippen LogP contribution < -0.4 is 10.2 Å². The molecule has 23 heavy (non-hydrogen) atoms. The van der Waals surface area contributed by atoms with Crippen molar-refractivity contribution in [3.05, 3.63) is 34.8 Å². The smallest absolute Gasteiger partial charge is 0.226 e. The molecule has 1 fully saturated rings. The topological polar surface area (TPSA) is 57.4 Å². The third-order valence-corrected chi connectivity index (χ3v) is 4.33. The SMILES string of the molecule is CN(C)c1nccc(NC2CCCN(Cc3ccc(Br)o3)C2)n1. The molecule has 1 aliphatic heterocycles. The number of hydrogen-bond donors (Lipinski definition) is 1. The summed E-state index contributed by atoms with van der Waals surface area (Å²) in [5, 5.41) is 3.54. The van der Waals surface area contributed by atoms with Crippen molar-refractivity contribution in [1.29, 1.82) is 0 Å². The Balaban J connectivity index is 1.59. The summed E-state index contributed by atoms with van der Waals surface area (Å²) in [6, 6.07) is 6.29. The lowest BCUT2D eigenvalue weighted by molar-refractivity contribution is 0.193. The Bertz CT molecular complexity index is 645. The summed E-state index contributed by atoms with van der Waals surface area (Å²) < 4.78 is 6.40. The minimum atomic E-state index is 0.395. The monoisotopic (exact) mass is 379 g/mol. The number of anilines is 2. The fraction of sp³-hybridized carbons (Fsp3) is 0.500. The summed E-state index contributed by atoms with van der Waals surface area (Å²) >= 11 is 3.36. The molecule has 1 aliphatic rings. The van der Waals surface area contributed by atoms with Crippen molar-refractivity contribution in [3.63, 3.8) is 0 Å². The molecule has 0 bridgehead atoms. The maximum Gasteiger partial charge on any atom is 0.226 e. The van der Waals surface area contributed by atoms with Crippen LogP contribution in [0.5, 0.6) is 0 Å². The fourth-order valence-corrected chi connectivity index (χ4v) is 3.17. The van der Waals surface area contributed by atoms with Gasteiger partial charge in [-0.25, -0.2) is 4.98 Å². The average molecular weight is 380 g/mol. The number of piperidine rings is 1. The van der Waals surface area contributed by atoms with E-state index in [1.807, 2.05) is 37.2 Å². The van der Waals surface area contributed by atoms with Crippen LogP contribution >= 0.6 is 15.9 Å². The first-order valence-electron chi connectivity index (χ1n) is 7.83. The van der Waals surface area contributed by atoms with E-state index in [2.05, 4.69) is 36.1 Å². The molecule has 3 rings (SSSR count). The van der Waals surface area contributed by atoms with Crippen molar-refractivity contribution < 1.29 is 4.42 Å². The quantitative estimate of drug-likeness (QED) is 0.861. The highest BCUT2D eigenvalue weighted by Crippen LogP contribution is 2.20. The van der Waals surface area contributed by atoms with Crippen molar-refractivity contribution in [3.8, 4) is 0 Å². The normalized spacial score (nSPS) is 18.8. The minimum absolute atomic E-state index is 0.395. The van der Waals surface area contributed by atoms with Gasteiger partial charge in [0, 0.05) is 32.9 Å². The Morgan fingerprint density at radius 3 is 3.00 bits per heavy atom. The van der Waals surface area contributed by atoms with Crippen LogP contribution in [0.4, 0.5) is 11.8 Å². The summed E-state index contributed by atoms with van der Waals surface area (Å²) in [7, 11) is 3.89. The van der Waals surface area contributed by atoms with Gasteiger partial charge >= 0.3 is 0 Å². The fourth-order valence-electron chi connectivity index (χ4n) is 2.83. The lowest BCUT2D eigenvalue weighted by Gasteiger charge is -2.32. The Hall–Kier alpha value is -1.60. The Labute approximate surface area is 145 Å². The lowest BCUT2D eigenvalue weighted by atomic mass is 10.1. The highest BCUT2D eigenvalue weighted by atomic mass is 79.9. The molecule has 0 saturated carbocycles. The van der Waals surface area contributed by atoms with E-state index in [9.17, 15) is 0 Å². The van der Waals surface area contributed by atoms with Gasteiger partial charge in [0.25, 0.3) is 0 Å². The molecule has 7 heteroatoms. The van der Waals surface area contributed by atoms with Gasteiger partial charge in [0.1, 0.15) is 11.6 Å². The molecular formula is C16H22BrN5O. The maximum absolute atomic E-state index is 5.61. The number of nitrogens with zero attached hydrogens (tertiary/aromatic N) is 4. The second kappa shape index (κ2) is 7.31. The van der Waals surface area contributed by atoms with E-state index in [4.69, 9.17) is 4.42 Å². The molecule has 0 aliphatic carbocycles. The molecule has 0 aromatic carbocycles. The van der Waals surface area contributed by atoms with Crippen LogP contribution in [0.15, 0.2) is 33.5 Å². The van der Waals surface area contributed by atoms with Gasteiger partial charge in [-0.1, -0.05) is 0 Å². The average Bonchev–Trinajstić information content (AvgIpc) is 2.93. The zero-order valence-corrected chi connectivity index (χ0v) is 15.1. The number of aromatic nitrogens is 2. The minimum Gasteiger partial charge on any atom is -0.453 e. The van der Waals surface area contributed by atoms with Crippen LogP contribution in [0.25, 0.3) is 0 Å². The first kappa shape index (κ1) is 16.3. The van der Waals surface area contributed by atoms with Crippen molar-refractivity contribution in [2.75, 3.05) is 37.4 Å². The molecule has 0 spiro atoms. The summed E-state index contributed by atoms with van der Waals surface area (Å²) in [5.41, 5.74) is 0. The molecule has 1 saturated heterocycles. The number of likely N-dealkylation sites (tertiary alicyclic amines) is 1. The molecule has 6 nitrogen and oxygen atoms in total. The first-order valence-corrected chi connectivity index (χ1v) is 8.63. The number of hydrogen-bond acceptors (Lipinski definition) is 6. The van der Waals surface area contributed by atoms with Crippen molar-refractivity contribution in [1.82, 2.24) is 14.9 Å². The molecule has 0 radical (unpaired) electrons. The zero-order valence-electron chi connectivity index (χ0n) is 13.5. The molecule has 1 unspecified atom stereocenters. The maximum atomic E-state index is 5.61. The molecule has 0 amide bonds. The summed E-state index contributed by atoms with van der Waals surface area (Å²) in [6.45, 7) is 2.93. The zero-order chi connectivity index (χ0) is 16.2. The van der Waals surface area contributed by atoms with E-state index in [0.717, 1.165) is 48.3 Å². The second-order valence-electron chi connectivity index (χ2n) is 6.06. The standard InChI is InChI=1S/C16H22BrN5O/c1-21(2)16-18-8-7-15(20-16)19-12-4-3-9-22(10-12)11-13-5-6-14(17)23-13/h5-8,12H,3-4,9-11H2,1-2H3,(H,18,19,20). The Morgan fingerprint density at radius 1 is 1.39 bits per heavy atom. The van der Waals surface area contributed by atoms with Crippen LogP contribution in [-0.4, -0.2) is 48.1 Å².